The van der Waals surface area contributed by atoms with Crippen molar-refractivity contribution >= 4 is 35.6 Å². The van der Waals surface area contributed by atoms with Crippen molar-refractivity contribution in [1.82, 2.24) is 25.2 Å². The molecule has 0 saturated carbocycles. The summed E-state index contributed by atoms with van der Waals surface area (Å²) in [6, 6.07) is 12.3. The lowest BCUT2D eigenvalue weighted by atomic mass is 10.1. The van der Waals surface area contributed by atoms with Crippen LogP contribution in [0.3, 0.4) is 0 Å². The van der Waals surface area contributed by atoms with E-state index in [0.717, 1.165) is 61.1 Å². The van der Waals surface area contributed by atoms with E-state index in [1.165, 1.54) is 5.56 Å². The maximum atomic E-state index is 6.12. The number of aromatic nitrogens is 3. The number of halogens is 1. The predicted octanol–water partition coefficient (Wildman–Crippen LogP) is 4.52. The molecule has 0 fully saturated rings. The maximum absolute atomic E-state index is 6.12. The van der Waals surface area contributed by atoms with Crippen molar-refractivity contribution in [2.75, 3.05) is 13.1 Å². The number of nitrogens with zero attached hydrogens (tertiary/aromatic N) is 4. The zero-order valence-corrected chi connectivity index (χ0v) is 21.8. The van der Waals surface area contributed by atoms with Crippen LogP contribution in [-0.4, -0.2) is 39.8 Å². The highest BCUT2D eigenvalue weighted by Crippen LogP contribution is 2.23. The summed E-state index contributed by atoms with van der Waals surface area (Å²) in [6.45, 7) is 10.6. The van der Waals surface area contributed by atoms with Gasteiger partial charge in [0.05, 0.1) is 12.6 Å². The Morgan fingerprint density at radius 1 is 1.16 bits per heavy atom. The Morgan fingerprint density at radius 3 is 2.78 bits per heavy atom. The first kappa shape index (κ1) is 25.9. The van der Waals surface area contributed by atoms with Crippen LogP contribution in [0, 0.1) is 6.92 Å². The lowest BCUT2D eigenvalue weighted by Gasteiger charge is -2.17. The van der Waals surface area contributed by atoms with Crippen LogP contribution < -0.4 is 15.4 Å². The van der Waals surface area contributed by atoms with Gasteiger partial charge in [-0.15, -0.1) is 34.2 Å². The van der Waals surface area contributed by atoms with Gasteiger partial charge in [-0.25, -0.2) is 4.99 Å². The number of rotatable bonds is 10. The van der Waals surface area contributed by atoms with E-state index in [0.29, 0.717) is 6.54 Å². The van der Waals surface area contributed by atoms with Crippen molar-refractivity contribution in [2.45, 2.75) is 59.6 Å². The Morgan fingerprint density at radius 2 is 2.00 bits per heavy atom. The molecule has 32 heavy (non-hydrogen) atoms. The summed E-state index contributed by atoms with van der Waals surface area (Å²) in [5.74, 6) is 2.71. The number of guanidine groups is 1. The first-order valence-corrected chi connectivity index (χ1v) is 11.2. The van der Waals surface area contributed by atoms with E-state index in [2.05, 4.69) is 66.7 Å². The van der Waals surface area contributed by atoms with Gasteiger partial charge >= 0.3 is 0 Å². The van der Waals surface area contributed by atoms with E-state index in [1.807, 2.05) is 28.8 Å². The number of nitrogens with one attached hydrogen (secondary N) is 2. The molecule has 3 rings (SSSR count). The van der Waals surface area contributed by atoms with Crippen molar-refractivity contribution in [2.24, 2.45) is 4.99 Å². The second-order valence-corrected chi connectivity index (χ2v) is 7.72. The van der Waals surface area contributed by atoms with Crippen LogP contribution in [0.25, 0.3) is 5.65 Å². The molecule has 0 aliphatic rings. The molecule has 8 heteroatoms. The molecule has 0 bridgehead atoms. The monoisotopic (exact) mass is 550 g/mol. The van der Waals surface area contributed by atoms with Gasteiger partial charge in [0.1, 0.15) is 11.6 Å². The van der Waals surface area contributed by atoms with E-state index in [-0.39, 0.29) is 30.1 Å². The fourth-order valence-corrected chi connectivity index (χ4v) is 3.22. The molecule has 1 unspecified atom stereocenters. The Balaban J connectivity index is 0.00000363. The lowest BCUT2D eigenvalue weighted by molar-refractivity contribution is 0.215. The van der Waals surface area contributed by atoms with Crippen molar-refractivity contribution in [3.05, 3.63) is 59.5 Å². The minimum atomic E-state index is 0. The zero-order valence-electron chi connectivity index (χ0n) is 19.5. The summed E-state index contributed by atoms with van der Waals surface area (Å²) >= 11 is 0. The van der Waals surface area contributed by atoms with E-state index in [9.17, 15) is 0 Å². The van der Waals surface area contributed by atoms with Crippen LogP contribution in [0.15, 0.2) is 47.6 Å². The van der Waals surface area contributed by atoms with Gasteiger partial charge in [0.25, 0.3) is 0 Å². The highest BCUT2D eigenvalue weighted by Gasteiger charge is 2.09. The molecular formula is C24H35IN6O. The highest BCUT2D eigenvalue weighted by molar-refractivity contribution is 14.0. The number of aliphatic imine (C=N–C) groups is 1. The Labute approximate surface area is 208 Å². The van der Waals surface area contributed by atoms with Gasteiger partial charge in [0, 0.05) is 31.3 Å². The third-order valence-electron chi connectivity index (χ3n) is 5.13. The van der Waals surface area contributed by atoms with Gasteiger partial charge in [-0.2, -0.15) is 0 Å². The van der Waals surface area contributed by atoms with Crippen LogP contribution in [0.2, 0.25) is 0 Å². The lowest BCUT2D eigenvalue weighted by Crippen LogP contribution is -2.37. The molecule has 2 aromatic heterocycles. The predicted molar refractivity (Wildman–Crippen MR) is 141 cm³/mol. The Hall–Kier alpha value is -2.36. The second-order valence-electron chi connectivity index (χ2n) is 7.72. The van der Waals surface area contributed by atoms with Gasteiger partial charge in [-0.05, 0) is 57.4 Å². The van der Waals surface area contributed by atoms with Crippen molar-refractivity contribution in [1.29, 1.82) is 0 Å². The molecular weight excluding hydrogens is 515 g/mol. The molecule has 0 spiro atoms. The summed E-state index contributed by atoms with van der Waals surface area (Å²) in [5, 5.41) is 15.3. The fourth-order valence-electron chi connectivity index (χ4n) is 3.22. The van der Waals surface area contributed by atoms with Gasteiger partial charge in [0.15, 0.2) is 11.6 Å². The minimum absolute atomic E-state index is 0. The molecule has 0 radical (unpaired) electrons. The highest BCUT2D eigenvalue weighted by atomic mass is 127. The molecule has 7 nitrogen and oxygen atoms in total. The number of aryl methyl sites for hydroxylation is 2. The van der Waals surface area contributed by atoms with Crippen LogP contribution in [0.4, 0.5) is 0 Å². The normalized spacial score (nSPS) is 12.3. The number of benzene rings is 1. The standard InChI is InChI=1S/C24H34N6O.HI/c1-5-19(4)31-21-16-18(3)12-13-20(21)17-27-24(25-6-2)26-14-9-11-23-29-28-22-10-7-8-15-30(22)23;/h7-8,10,12-13,15-16,19H,5-6,9,11,14,17H2,1-4H3,(H2,25,26,27);1H. The number of pyridine rings is 1. The van der Waals surface area contributed by atoms with Crippen molar-refractivity contribution < 1.29 is 4.74 Å². The SMILES string of the molecule is CCNC(=NCc1ccc(C)cc1OC(C)CC)NCCCc1nnc2ccccn12.I. The number of hydrogen-bond acceptors (Lipinski definition) is 4. The molecule has 1 atom stereocenters. The van der Waals surface area contributed by atoms with E-state index < -0.39 is 0 Å². The second kappa shape index (κ2) is 13.2. The quantitative estimate of drug-likeness (QED) is 0.168. The van der Waals surface area contributed by atoms with Gasteiger partial charge < -0.3 is 15.4 Å². The first-order chi connectivity index (χ1) is 15.1. The maximum Gasteiger partial charge on any atom is 0.191 e. The summed E-state index contributed by atoms with van der Waals surface area (Å²) in [6.07, 6.45) is 4.95. The summed E-state index contributed by atoms with van der Waals surface area (Å²) < 4.78 is 8.15. The third kappa shape index (κ3) is 7.36. The molecule has 0 aliphatic heterocycles. The third-order valence-corrected chi connectivity index (χ3v) is 5.13. The van der Waals surface area contributed by atoms with Crippen molar-refractivity contribution in [3.63, 3.8) is 0 Å². The Bertz CT molecular complexity index is 1000. The molecule has 3 aromatic rings. The number of fused-ring (bicyclic) bond motifs is 1. The summed E-state index contributed by atoms with van der Waals surface area (Å²) in [4.78, 5) is 4.77. The fraction of sp³-hybridized carbons (Fsp3) is 0.458. The van der Waals surface area contributed by atoms with Crippen LogP contribution in [-0.2, 0) is 13.0 Å². The van der Waals surface area contributed by atoms with Crippen LogP contribution in [0.5, 0.6) is 5.75 Å². The minimum Gasteiger partial charge on any atom is -0.490 e. The van der Waals surface area contributed by atoms with Gasteiger partial charge in [-0.1, -0.05) is 25.1 Å². The number of hydrogen-bond donors (Lipinski definition) is 2. The molecule has 0 saturated heterocycles. The summed E-state index contributed by atoms with van der Waals surface area (Å²) in [5.41, 5.74) is 3.17. The molecule has 2 N–H and O–H groups in total. The first-order valence-electron chi connectivity index (χ1n) is 11.2. The van der Waals surface area contributed by atoms with Gasteiger partial charge in [-0.3, -0.25) is 4.40 Å². The van der Waals surface area contributed by atoms with Crippen LogP contribution in [0.1, 0.15) is 50.6 Å². The number of ether oxygens (including phenoxy) is 1. The van der Waals surface area contributed by atoms with E-state index >= 15 is 0 Å². The largest absolute Gasteiger partial charge is 0.490 e. The smallest absolute Gasteiger partial charge is 0.191 e. The van der Waals surface area contributed by atoms with Gasteiger partial charge in [0.2, 0.25) is 0 Å². The van der Waals surface area contributed by atoms with E-state index in [1.54, 1.807) is 0 Å². The van der Waals surface area contributed by atoms with E-state index in [4.69, 9.17) is 9.73 Å². The average Bonchev–Trinajstić information content (AvgIpc) is 3.19. The Kier molecular flexibility index (Phi) is 10.7. The molecule has 0 aliphatic carbocycles. The van der Waals surface area contributed by atoms with Crippen molar-refractivity contribution in [3.8, 4) is 5.75 Å². The summed E-state index contributed by atoms with van der Waals surface area (Å²) in [7, 11) is 0. The molecule has 1 aromatic carbocycles. The molecule has 0 amide bonds. The topological polar surface area (TPSA) is 75.8 Å². The zero-order chi connectivity index (χ0) is 22.1. The molecule has 2 heterocycles. The average molecular weight is 550 g/mol. The van der Waals surface area contributed by atoms with Crippen LogP contribution >= 0.6 is 24.0 Å². The molecule has 174 valence electrons.